The van der Waals surface area contributed by atoms with E-state index in [4.69, 9.17) is 9.84 Å². The van der Waals surface area contributed by atoms with Crippen LogP contribution in [0.2, 0.25) is 0 Å². The molecule has 39 heavy (non-hydrogen) atoms. The predicted octanol–water partition coefficient (Wildman–Crippen LogP) is 9.28. The van der Waals surface area contributed by atoms with Gasteiger partial charge in [0.25, 0.3) is 0 Å². The first-order chi connectivity index (χ1) is 19.0. The third-order valence-corrected chi connectivity index (χ3v) is 7.53. The van der Waals surface area contributed by atoms with Crippen LogP contribution in [0.15, 0.2) is 0 Å². The van der Waals surface area contributed by atoms with E-state index < -0.39 is 5.97 Å². The molecule has 1 amide bonds. The third-order valence-electron chi connectivity index (χ3n) is 7.53. The number of carboxylic acids is 1. The molecule has 1 unspecified atom stereocenters. The van der Waals surface area contributed by atoms with Crippen molar-refractivity contribution in [1.82, 2.24) is 5.32 Å². The zero-order valence-corrected chi connectivity index (χ0v) is 25.7. The first-order valence-corrected chi connectivity index (χ1v) is 16.7. The van der Waals surface area contributed by atoms with E-state index in [1.165, 1.54) is 96.3 Å². The molecular formula is C33H63NO5. The molecule has 0 fully saturated rings. The molecule has 0 saturated heterocycles. The van der Waals surface area contributed by atoms with E-state index in [1.807, 2.05) is 0 Å². The van der Waals surface area contributed by atoms with Crippen LogP contribution in [-0.4, -0.2) is 35.6 Å². The van der Waals surface area contributed by atoms with Gasteiger partial charge in [-0.25, -0.2) is 0 Å². The monoisotopic (exact) mass is 553 g/mol. The normalized spacial score (nSPS) is 11.8. The van der Waals surface area contributed by atoms with E-state index in [0.717, 1.165) is 57.8 Å². The minimum Gasteiger partial charge on any atom is -0.480 e. The van der Waals surface area contributed by atoms with E-state index in [2.05, 4.69) is 19.2 Å². The number of hydrogen-bond donors (Lipinski definition) is 2. The molecule has 0 aromatic heterocycles. The average molecular weight is 554 g/mol. The molecule has 0 radical (unpaired) electrons. The van der Waals surface area contributed by atoms with Crippen molar-refractivity contribution in [2.24, 2.45) is 0 Å². The number of rotatable bonds is 30. The van der Waals surface area contributed by atoms with Crippen LogP contribution < -0.4 is 5.32 Å². The second-order valence-corrected chi connectivity index (χ2v) is 11.4. The summed E-state index contributed by atoms with van der Waals surface area (Å²) in [5.74, 6) is -1.26. The SMILES string of the molecule is CCCCCCCCCCCCCCCCC(=O)OC(CCCCCC)CCCCCCC(=O)NCC(=O)O. The Morgan fingerprint density at radius 1 is 0.564 bits per heavy atom. The fourth-order valence-electron chi connectivity index (χ4n) is 5.04. The van der Waals surface area contributed by atoms with Crippen LogP contribution in [0.25, 0.3) is 0 Å². The van der Waals surface area contributed by atoms with Crippen molar-refractivity contribution in [3.8, 4) is 0 Å². The highest BCUT2D eigenvalue weighted by molar-refractivity contribution is 5.80. The molecule has 1 atom stereocenters. The summed E-state index contributed by atoms with van der Waals surface area (Å²) in [5, 5.41) is 11.0. The standard InChI is InChI=1S/C33H63NO5/c1-3-5-7-9-10-11-12-13-14-15-16-17-18-24-28-33(38)39-30(25-21-8-6-4-2)26-22-19-20-23-27-31(35)34-29-32(36)37/h30H,3-29H2,1-2H3,(H,34,35)(H,36,37). The number of hydrogen-bond acceptors (Lipinski definition) is 4. The van der Waals surface area contributed by atoms with E-state index in [0.29, 0.717) is 12.8 Å². The van der Waals surface area contributed by atoms with Gasteiger partial charge in [0.05, 0.1) is 0 Å². The van der Waals surface area contributed by atoms with Gasteiger partial charge >= 0.3 is 11.9 Å². The summed E-state index contributed by atoms with van der Waals surface area (Å²) >= 11 is 0. The number of carbonyl (C=O) groups is 3. The van der Waals surface area contributed by atoms with Crippen molar-refractivity contribution >= 4 is 17.8 Å². The maximum atomic E-state index is 12.5. The summed E-state index contributed by atoms with van der Waals surface area (Å²) in [7, 11) is 0. The molecule has 0 aromatic rings. The molecule has 6 heteroatoms. The highest BCUT2D eigenvalue weighted by Gasteiger charge is 2.14. The lowest BCUT2D eigenvalue weighted by atomic mass is 10.0. The zero-order chi connectivity index (χ0) is 28.8. The molecular weight excluding hydrogens is 490 g/mol. The minimum absolute atomic E-state index is 0.0138. The number of unbranched alkanes of at least 4 members (excludes halogenated alkanes) is 19. The van der Waals surface area contributed by atoms with Crippen LogP contribution in [0.4, 0.5) is 0 Å². The van der Waals surface area contributed by atoms with Crippen LogP contribution in [0.1, 0.15) is 181 Å². The van der Waals surface area contributed by atoms with E-state index in [-0.39, 0.29) is 24.5 Å². The number of aliphatic carboxylic acids is 1. The van der Waals surface area contributed by atoms with Gasteiger partial charge in [0.15, 0.2) is 0 Å². The first-order valence-electron chi connectivity index (χ1n) is 16.7. The highest BCUT2D eigenvalue weighted by atomic mass is 16.5. The van der Waals surface area contributed by atoms with Crippen LogP contribution in [0.5, 0.6) is 0 Å². The maximum Gasteiger partial charge on any atom is 0.322 e. The number of amides is 1. The molecule has 0 bridgehead atoms. The number of carboxylic acid groups (broad SMARTS) is 1. The lowest BCUT2D eigenvalue weighted by molar-refractivity contribution is -0.150. The molecule has 230 valence electrons. The van der Waals surface area contributed by atoms with Crippen molar-refractivity contribution in [3.05, 3.63) is 0 Å². The highest BCUT2D eigenvalue weighted by Crippen LogP contribution is 2.18. The zero-order valence-electron chi connectivity index (χ0n) is 25.7. The number of nitrogens with one attached hydrogen (secondary N) is 1. The number of ether oxygens (including phenoxy) is 1. The van der Waals surface area contributed by atoms with Gasteiger partial charge in [-0.2, -0.15) is 0 Å². The summed E-state index contributed by atoms with van der Waals surface area (Å²) < 4.78 is 5.88. The van der Waals surface area contributed by atoms with Crippen LogP contribution >= 0.6 is 0 Å². The van der Waals surface area contributed by atoms with E-state index in [9.17, 15) is 14.4 Å². The Morgan fingerprint density at radius 3 is 1.41 bits per heavy atom. The Kier molecular flexibility index (Phi) is 28.2. The van der Waals surface area contributed by atoms with Crippen molar-refractivity contribution < 1.29 is 24.2 Å². The molecule has 6 nitrogen and oxygen atoms in total. The van der Waals surface area contributed by atoms with Gasteiger partial charge in [-0.15, -0.1) is 0 Å². The Balaban J connectivity index is 3.87. The molecule has 0 aliphatic carbocycles. The van der Waals surface area contributed by atoms with Gasteiger partial charge < -0.3 is 15.2 Å². The quantitative estimate of drug-likeness (QED) is 0.0683. The Hall–Kier alpha value is -1.59. The molecule has 0 rings (SSSR count). The predicted molar refractivity (Wildman–Crippen MR) is 162 cm³/mol. The van der Waals surface area contributed by atoms with Gasteiger partial charge in [0.1, 0.15) is 12.6 Å². The second kappa shape index (κ2) is 29.4. The van der Waals surface area contributed by atoms with Gasteiger partial charge in [0.2, 0.25) is 5.91 Å². The van der Waals surface area contributed by atoms with Crippen LogP contribution in [-0.2, 0) is 19.1 Å². The largest absolute Gasteiger partial charge is 0.480 e. The fraction of sp³-hybridized carbons (Fsp3) is 0.909. The molecule has 0 aliphatic heterocycles. The summed E-state index contributed by atoms with van der Waals surface area (Å²) in [6, 6.07) is 0. The Morgan fingerprint density at radius 2 is 0.949 bits per heavy atom. The Labute approximate surface area is 240 Å². The van der Waals surface area contributed by atoms with Crippen molar-refractivity contribution in [2.75, 3.05) is 6.54 Å². The van der Waals surface area contributed by atoms with Crippen molar-refractivity contribution in [3.63, 3.8) is 0 Å². The average Bonchev–Trinajstić information content (AvgIpc) is 2.91. The van der Waals surface area contributed by atoms with Gasteiger partial charge in [-0.1, -0.05) is 129 Å². The molecule has 0 aliphatic rings. The van der Waals surface area contributed by atoms with Gasteiger partial charge in [-0.3, -0.25) is 14.4 Å². The molecule has 0 spiro atoms. The maximum absolute atomic E-state index is 12.5. The van der Waals surface area contributed by atoms with Gasteiger partial charge in [-0.05, 0) is 38.5 Å². The molecule has 2 N–H and O–H groups in total. The third kappa shape index (κ3) is 29.2. The van der Waals surface area contributed by atoms with Crippen molar-refractivity contribution in [1.29, 1.82) is 0 Å². The summed E-state index contributed by atoms with van der Waals surface area (Å²) in [5.41, 5.74) is 0. The van der Waals surface area contributed by atoms with E-state index in [1.54, 1.807) is 0 Å². The smallest absolute Gasteiger partial charge is 0.322 e. The number of carbonyl (C=O) groups excluding carboxylic acids is 2. The second-order valence-electron chi connectivity index (χ2n) is 11.4. The van der Waals surface area contributed by atoms with Crippen LogP contribution in [0, 0.1) is 0 Å². The lowest BCUT2D eigenvalue weighted by Crippen LogP contribution is -2.28. The Bertz CT molecular complexity index is 580. The summed E-state index contributed by atoms with van der Waals surface area (Å²) in [6.45, 7) is 4.16. The van der Waals surface area contributed by atoms with Gasteiger partial charge in [0, 0.05) is 12.8 Å². The summed E-state index contributed by atoms with van der Waals surface area (Å²) in [6.07, 6.45) is 29.5. The lowest BCUT2D eigenvalue weighted by Gasteiger charge is -2.18. The van der Waals surface area contributed by atoms with Crippen LogP contribution in [0.3, 0.4) is 0 Å². The summed E-state index contributed by atoms with van der Waals surface area (Å²) in [4.78, 5) is 34.6. The molecule has 0 aromatic carbocycles. The minimum atomic E-state index is -1.02. The van der Waals surface area contributed by atoms with E-state index >= 15 is 0 Å². The van der Waals surface area contributed by atoms with Crippen molar-refractivity contribution in [2.45, 2.75) is 187 Å². The first kappa shape index (κ1) is 37.4. The fourth-order valence-corrected chi connectivity index (χ4v) is 5.04. The number of esters is 1. The molecule has 0 heterocycles. The molecule has 0 saturated carbocycles. The topological polar surface area (TPSA) is 92.7 Å².